The Labute approximate surface area is 124 Å². The summed E-state index contributed by atoms with van der Waals surface area (Å²) in [6.07, 6.45) is 0. The van der Waals surface area contributed by atoms with Gasteiger partial charge in [-0.15, -0.1) is 0 Å². The van der Waals surface area contributed by atoms with E-state index in [1.54, 1.807) is 30.3 Å². The van der Waals surface area contributed by atoms with Crippen LogP contribution in [0.4, 0.5) is 0 Å². The SMILES string of the molecule is O=c1oc2ccccc2cc1-c1nc2ccc(Cl)cc2[nH]1. The average Bonchev–Trinajstić information content (AvgIpc) is 2.89. The van der Waals surface area contributed by atoms with Crippen molar-refractivity contribution in [3.8, 4) is 11.4 Å². The van der Waals surface area contributed by atoms with Gasteiger partial charge in [0.15, 0.2) is 0 Å². The fourth-order valence-corrected chi connectivity index (χ4v) is 2.51. The van der Waals surface area contributed by atoms with E-state index in [1.165, 1.54) is 0 Å². The second-order valence-corrected chi connectivity index (χ2v) is 5.17. The van der Waals surface area contributed by atoms with Crippen LogP contribution in [0.25, 0.3) is 33.4 Å². The van der Waals surface area contributed by atoms with Crippen LogP contribution in [-0.4, -0.2) is 9.97 Å². The summed E-state index contributed by atoms with van der Waals surface area (Å²) in [5, 5.41) is 1.47. The lowest BCUT2D eigenvalue weighted by molar-refractivity contribution is 0.563. The molecule has 0 saturated heterocycles. The molecule has 0 aliphatic carbocycles. The second-order valence-electron chi connectivity index (χ2n) is 4.73. The van der Waals surface area contributed by atoms with Gasteiger partial charge in [-0.05, 0) is 30.3 Å². The van der Waals surface area contributed by atoms with Crippen LogP contribution < -0.4 is 5.63 Å². The van der Waals surface area contributed by atoms with Crippen molar-refractivity contribution in [2.24, 2.45) is 0 Å². The quantitative estimate of drug-likeness (QED) is 0.540. The number of halogens is 1. The number of aromatic nitrogens is 2. The highest BCUT2D eigenvalue weighted by molar-refractivity contribution is 6.31. The number of fused-ring (bicyclic) bond motifs is 2. The van der Waals surface area contributed by atoms with Crippen molar-refractivity contribution in [1.82, 2.24) is 9.97 Å². The standard InChI is InChI=1S/C16H9ClN2O2/c17-10-5-6-12-13(8-10)19-15(18-12)11-7-9-3-1-2-4-14(9)21-16(11)20/h1-8H,(H,18,19). The Morgan fingerprint density at radius 2 is 1.95 bits per heavy atom. The van der Waals surface area contributed by atoms with E-state index in [9.17, 15) is 4.79 Å². The summed E-state index contributed by atoms with van der Waals surface area (Å²) < 4.78 is 5.33. The second kappa shape index (κ2) is 4.46. The van der Waals surface area contributed by atoms with Crippen LogP contribution >= 0.6 is 11.6 Å². The number of benzene rings is 2. The van der Waals surface area contributed by atoms with Gasteiger partial charge < -0.3 is 9.40 Å². The number of H-pyrrole nitrogens is 1. The van der Waals surface area contributed by atoms with E-state index in [0.717, 1.165) is 16.4 Å². The minimum absolute atomic E-state index is 0.404. The van der Waals surface area contributed by atoms with Gasteiger partial charge in [-0.25, -0.2) is 9.78 Å². The molecule has 4 aromatic rings. The van der Waals surface area contributed by atoms with Crippen molar-refractivity contribution in [1.29, 1.82) is 0 Å². The molecule has 2 heterocycles. The normalized spacial score (nSPS) is 11.3. The van der Waals surface area contributed by atoms with Crippen LogP contribution in [0.3, 0.4) is 0 Å². The third-order valence-electron chi connectivity index (χ3n) is 3.34. The van der Waals surface area contributed by atoms with Crippen LogP contribution in [0.2, 0.25) is 5.02 Å². The van der Waals surface area contributed by atoms with Gasteiger partial charge in [0, 0.05) is 10.4 Å². The van der Waals surface area contributed by atoms with Gasteiger partial charge in [-0.2, -0.15) is 0 Å². The molecule has 1 N–H and O–H groups in total. The summed E-state index contributed by atoms with van der Waals surface area (Å²) >= 11 is 5.96. The molecule has 0 fully saturated rings. The molecule has 102 valence electrons. The Bertz CT molecular complexity index is 1030. The molecule has 4 nitrogen and oxygen atoms in total. The average molecular weight is 297 g/mol. The largest absolute Gasteiger partial charge is 0.422 e. The number of hydrogen-bond acceptors (Lipinski definition) is 3. The first-order valence-electron chi connectivity index (χ1n) is 6.39. The fourth-order valence-electron chi connectivity index (χ4n) is 2.34. The van der Waals surface area contributed by atoms with Gasteiger partial charge in [-0.1, -0.05) is 29.8 Å². The van der Waals surface area contributed by atoms with Crippen molar-refractivity contribution >= 4 is 33.6 Å². The molecule has 0 saturated carbocycles. The van der Waals surface area contributed by atoms with Crippen molar-refractivity contribution in [3.05, 3.63) is 64.0 Å². The molecule has 0 spiro atoms. The summed E-state index contributed by atoms with van der Waals surface area (Å²) in [7, 11) is 0. The van der Waals surface area contributed by atoms with E-state index in [2.05, 4.69) is 9.97 Å². The first-order chi connectivity index (χ1) is 10.2. The molecule has 0 unspecified atom stereocenters. The Kier molecular flexibility index (Phi) is 2.59. The van der Waals surface area contributed by atoms with Crippen LogP contribution in [-0.2, 0) is 0 Å². The lowest BCUT2D eigenvalue weighted by Crippen LogP contribution is -2.03. The lowest BCUT2D eigenvalue weighted by atomic mass is 10.2. The molecule has 21 heavy (non-hydrogen) atoms. The van der Waals surface area contributed by atoms with E-state index >= 15 is 0 Å². The summed E-state index contributed by atoms with van der Waals surface area (Å²) in [5.74, 6) is 0.478. The minimum Gasteiger partial charge on any atom is -0.422 e. The van der Waals surface area contributed by atoms with Crippen molar-refractivity contribution in [2.45, 2.75) is 0 Å². The number of rotatable bonds is 1. The molecule has 5 heteroatoms. The van der Waals surface area contributed by atoms with E-state index in [-0.39, 0.29) is 0 Å². The molecule has 0 aliphatic rings. The molecule has 4 rings (SSSR count). The highest BCUT2D eigenvalue weighted by Gasteiger charge is 2.12. The van der Waals surface area contributed by atoms with Crippen molar-refractivity contribution in [2.75, 3.05) is 0 Å². The molecular weight excluding hydrogens is 288 g/mol. The van der Waals surface area contributed by atoms with E-state index < -0.39 is 5.63 Å². The number of nitrogens with one attached hydrogen (secondary N) is 1. The van der Waals surface area contributed by atoms with Crippen LogP contribution in [0, 0.1) is 0 Å². The van der Waals surface area contributed by atoms with E-state index in [0.29, 0.717) is 22.0 Å². The van der Waals surface area contributed by atoms with Gasteiger partial charge >= 0.3 is 5.63 Å². The molecule has 0 bridgehead atoms. The molecule has 0 radical (unpaired) electrons. The predicted octanol–water partition coefficient (Wildman–Crippen LogP) is 3.99. The zero-order valence-corrected chi connectivity index (χ0v) is 11.5. The van der Waals surface area contributed by atoms with Gasteiger partial charge in [-0.3, -0.25) is 0 Å². The third kappa shape index (κ3) is 2.00. The maximum Gasteiger partial charge on any atom is 0.347 e. The minimum atomic E-state index is -0.418. The molecule has 0 aliphatic heterocycles. The Morgan fingerprint density at radius 1 is 1.10 bits per heavy atom. The topological polar surface area (TPSA) is 58.9 Å². The number of para-hydroxylation sites is 1. The fraction of sp³-hybridized carbons (Fsp3) is 0. The van der Waals surface area contributed by atoms with Gasteiger partial charge in [0.1, 0.15) is 17.0 Å². The Morgan fingerprint density at radius 3 is 2.86 bits per heavy atom. The van der Waals surface area contributed by atoms with Crippen LogP contribution in [0.1, 0.15) is 0 Å². The van der Waals surface area contributed by atoms with Gasteiger partial charge in [0.25, 0.3) is 0 Å². The first kappa shape index (κ1) is 12.2. The maximum atomic E-state index is 12.1. The van der Waals surface area contributed by atoms with Gasteiger partial charge in [0.05, 0.1) is 11.0 Å². The third-order valence-corrected chi connectivity index (χ3v) is 3.58. The number of hydrogen-bond donors (Lipinski definition) is 1. The Balaban J connectivity index is 1.99. The lowest BCUT2D eigenvalue weighted by Gasteiger charge is -1.98. The molecular formula is C16H9ClN2O2. The van der Waals surface area contributed by atoms with Crippen molar-refractivity contribution < 1.29 is 4.42 Å². The monoisotopic (exact) mass is 296 g/mol. The number of imidazole rings is 1. The van der Waals surface area contributed by atoms with Gasteiger partial charge in [0.2, 0.25) is 0 Å². The first-order valence-corrected chi connectivity index (χ1v) is 6.77. The molecule has 2 aromatic carbocycles. The maximum absolute atomic E-state index is 12.1. The summed E-state index contributed by atoms with van der Waals surface area (Å²) in [5.41, 5.74) is 2.08. The molecule has 0 atom stereocenters. The highest BCUT2D eigenvalue weighted by Crippen LogP contribution is 2.23. The molecule has 0 amide bonds. The summed E-state index contributed by atoms with van der Waals surface area (Å²) in [6, 6.07) is 14.5. The predicted molar refractivity (Wildman–Crippen MR) is 82.6 cm³/mol. The molecule has 2 aromatic heterocycles. The van der Waals surface area contributed by atoms with Crippen molar-refractivity contribution in [3.63, 3.8) is 0 Å². The number of aromatic amines is 1. The van der Waals surface area contributed by atoms with E-state index in [1.807, 2.05) is 18.2 Å². The number of nitrogens with zero attached hydrogens (tertiary/aromatic N) is 1. The summed E-state index contributed by atoms with van der Waals surface area (Å²) in [4.78, 5) is 19.6. The summed E-state index contributed by atoms with van der Waals surface area (Å²) in [6.45, 7) is 0. The van der Waals surface area contributed by atoms with E-state index in [4.69, 9.17) is 16.0 Å². The highest BCUT2D eigenvalue weighted by atomic mass is 35.5. The van der Waals surface area contributed by atoms with Crippen LogP contribution in [0.5, 0.6) is 0 Å². The zero-order valence-electron chi connectivity index (χ0n) is 10.8. The zero-order chi connectivity index (χ0) is 14.4. The Hall–Kier alpha value is -2.59. The van der Waals surface area contributed by atoms with Crippen LogP contribution in [0.15, 0.2) is 57.7 Å². The smallest absolute Gasteiger partial charge is 0.347 e.